The molecule has 1 unspecified atom stereocenters. The highest BCUT2D eigenvalue weighted by atomic mass is 16.7. The van der Waals surface area contributed by atoms with E-state index in [1.165, 1.54) is 11.8 Å². The molecule has 1 heterocycles. The normalized spacial score (nSPS) is 13.2. The van der Waals surface area contributed by atoms with Gasteiger partial charge in [-0.05, 0) is 30.5 Å². The average molecular weight is 354 g/mol. The summed E-state index contributed by atoms with van der Waals surface area (Å²) in [6.07, 6.45) is 1.23. The zero-order valence-corrected chi connectivity index (χ0v) is 14.9. The highest BCUT2D eigenvalue weighted by Gasteiger charge is 2.25. The van der Waals surface area contributed by atoms with Crippen molar-refractivity contribution in [2.75, 3.05) is 18.7 Å². The molecule has 0 spiro atoms. The lowest BCUT2D eigenvalue weighted by Crippen LogP contribution is -2.47. The standard InChI is InChI=1S/C20H22N2O4/c1-14(23)21-17(10-8-15-6-4-3-5-7-15)20(24)22(2)16-9-11-18-19(12-16)26-13-25-18/h3-7,9,11-12,17H,8,10,13H2,1-2H3,(H,21,23). The van der Waals surface area contributed by atoms with E-state index < -0.39 is 6.04 Å². The Morgan fingerprint density at radius 2 is 1.85 bits per heavy atom. The second kappa shape index (κ2) is 7.91. The number of rotatable bonds is 6. The third kappa shape index (κ3) is 4.14. The Morgan fingerprint density at radius 3 is 2.58 bits per heavy atom. The van der Waals surface area contributed by atoms with E-state index in [9.17, 15) is 9.59 Å². The number of nitrogens with zero attached hydrogens (tertiary/aromatic N) is 1. The number of anilines is 1. The highest BCUT2D eigenvalue weighted by Crippen LogP contribution is 2.35. The van der Waals surface area contributed by atoms with Crippen molar-refractivity contribution < 1.29 is 19.1 Å². The number of aryl methyl sites for hydroxylation is 1. The molecule has 0 fully saturated rings. The lowest BCUT2D eigenvalue weighted by atomic mass is 10.0. The average Bonchev–Trinajstić information content (AvgIpc) is 3.12. The lowest BCUT2D eigenvalue weighted by molar-refractivity contribution is -0.126. The Kier molecular flexibility index (Phi) is 5.41. The van der Waals surface area contributed by atoms with E-state index in [0.29, 0.717) is 30.0 Å². The molecule has 136 valence electrons. The summed E-state index contributed by atoms with van der Waals surface area (Å²) in [5, 5.41) is 2.77. The number of carbonyl (C=O) groups is 2. The maximum Gasteiger partial charge on any atom is 0.249 e. The van der Waals surface area contributed by atoms with Crippen LogP contribution in [0.15, 0.2) is 48.5 Å². The number of hydrogen-bond donors (Lipinski definition) is 1. The molecular formula is C20H22N2O4. The van der Waals surface area contributed by atoms with Crippen molar-refractivity contribution in [1.82, 2.24) is 5.32 Å². The molecule has 6 heteroatoms. The number of benzene rings is 2. The van der Waals surface area contributed by atoms with E-state index in [1.54, 1.807) is 25.2 Å². The summed E-state index contributed by atoms with van der Waals surface area (Å²) in [6.45, 7) is 1.60. The van der Waals surface area contributed by atoms with Gasteiger partial charge in [-0.25, -0.2) is 0 Å². The van der Waals surface area contributed by atoms with Crippen LogP contribution in [0, 0.1) is 0 Å². The van der Waals surface area contributed by atoms with Crippen molar-refractivity contribution in [3.63, 3.8) is 0 Å². The number of likely N-dealkylation sites (N-methyl/N-ethyl adjacent to an activating group) is 1. The van der Waals surface area contributed by atoms with Crippen LogP contribution in [0.5, 0.6) is 11.5 Å². The maximum atomic E-state index is 12.9. The van der Waals surface area contributed by atoms with Crippen LogP contribution < -0.4 is 19.7 Å². The fourth-order valence-corrected chi connectivity index (χ4v) is 2.91. The van der Waals surface area contributed by atoms with Gasteiger partial charge < -0.3 is 19.7 Å². The third-order valence-electron chi connectivity index (χ3n) is 4.31. The molecule has 2 aromatic carbocycles. The summed E-state index contributed by atoms with van der Waals surface area (Å²) >= 11 is 0. The van der Waals surface area contributed by atoms with Crippen LogP contribution in [-0.4, -0.2) is 31.7 Å². The van der Waals surface area contributed by atoms with Crippen LogP contribution in [0.2, 0.25) is 0 Å². The van der Waals surface area contributed by atoms with Gasteiger partial charge in [0.2, 0.25) is 18.6 Å². The molecule has 3 rings (SSSR count). The fourth-order valence-electron chi connectivity index (χ4n) is 2.91. The first-order chi connectivity index (χ1) is 12.5. The summed E-state index contributed by atoms with van der Waals surface area (Å²) in [5.41, 5.74) is 1.82. The molecule has 6 nitrogen and oxygen atoms in total. The van der Waals surface area contributed by atoms with Crippen molar-refractivity contribution in [3.05, 3.63) is 54.1 Å². The number of fused-ring (bicyclic) bond motifs is 1. The second-order valence-corrected chi connectivity index (χ2v) is 6.21. The molecule has 0 saturated heterocycles. The molecule has 0 bridgehead atoms. The van der Waals surface area contributed by atoms with Crippen molar-refractivity contribution in [1.29, 1.82) is 0 Å². The topological polar surface area (TPSA) is 67.9 Å². The quantitative estimate of drug-likeness (QED) is 0.866. The molecule has 1 aliphatic rings. The molecule has 0 aliphatic carbocycles. The van der Waals surface area contributed by atoms with Crippen LogP contribution in [-0.2, 0) is 16.0 Å². The Hall–Kier alpha value is -3.02. The summed E-state index contributed by atoms with van der Waals surface area (Å²) in [7, 11) is 1.69. The monoisotopic (exact) mass is 354 g/mol. The minimum absolute atomic E-state index is 0.171. The largest absolute Gasteiger partial charge is 0.454 e. The first-order valence-corrected chi connectivity index (χ1v) is 8.53. The van der Waals surface area contributed by atoms with Crippen LogP contribution >= 0.6 is 0 Å². The molecule has 0 saturated carbocycles. The van der Waals surface area contributed by atoms with Crippen molar-refractivity contribution in [2.24, 2.45) is 0 Å². The number of carbonyl (C=O) groups excluding carboxylic acids is 2. The van der Waals surface area contributed by atoms with Gasteiger partial charge in [-0.3, -0.25) is 9.59 Å². The van der Waals surface area contributed by atoms with E-state index in [4.69, 9.17) is 9.47 Å². The fraction of sp³-hybridized carbons (Fsp3) is 0.300. The molecule has 1 atom stereocenters. The van der Waals surface area contributed by atoms with E-state index >= 15 is 0 Å². The van der Waals surface area contributed by atoms with Crippen LogP contribution in [0.3, 0.4) is 0 Å². The Balaban J connectivity index is 1.72. The van der Waals surface area contributed by atoms with E-state index in [2.05, 4.69) is 5.32 Å². The molecule has 2 aromatic rings. The molecule has 1 aliphatic heterocycles. The third-order valence-corrected chi connectivity index (χ3v) is 4.31. The first kappa shape index (κ1) is 17.8. The first-order valence-electron chi connectivity index (χ1n) is 8.53. The molecule has 0 radical (unpaired) electrons. The predicted octanol–water partition coefficient (Wildman–Crippen LogP) is 2.52. The van der Waals surface area contributed by atoms with Gasteiger partial charge >= 0.3 is 0 Å². The number of nitrogens with one attached hydrogen (secondary N) is 1. The molecule has 0 aromatic heterocycles. The van der Waals surface area contributed by atoms with Gasteiger partial charge in [-0.1, -0.05) is 30.3 Å². The summed E-state index contributed by atoms with van der Waals surface area (Å²) in [5.74, 6) is 0.880. The van der Waals surface area contributed by atoms with Gasteiger partial charge in [-0.2, -0.15) is 0 Å². The molecule has 2 amide bonds. The number of hydrogen-bond acceptors (Lipinski definition) is 4. The molecule has 1 N–H and O–H groups in total. The van der Waals surface area contributed by atoms with Crippen molar-refractivity contribution in [3.8, 4) is 11.5 Å². The Morgan fingerprint density at radius 1 is 1.12 bits per heavy atom. The lowest BCUT2D eigenvalue weighted by Gasteiger charge is -2.24. The molecular weight excluding hydrogens is 332 g/mol. The Bertz CT molecular complexity index is 792. The van der Waals surface area contributed by atoms with E-state index in [-0.39, 0.29) is 18.6 Å². The number of ether oxygens (including phenoxy) is 2. The summed E-state index contributed by atoms with van der Waals surface area (Å²) in [4.78, 5) is 26.0. The second-order valence-electron chi connectivity index (χ2n) is 6.21. The van der Waals surface area contributed by atoms with E-state index in [0.717, 1.165) is 5.56 Å². The SMILES string of the molecule is CC(=O)NC(CCc1ccccc1)C(=O)N(C)c1ccc2c(c1)OCO2. The highest BCUT2D eigenvalue weighted by molar-refractivity contribution is 5.98. The minimum Gasteiger partial charge on any atom is -0.454 e. The maximum absolute atomic E-state index is 12.9. The van der Waals surface area contributed by atoms with Gasteiger partial charge in [-0.15, -0.1) is 0 Å². The van der Waals surface area contributed by atoms with Crippen molar-refractivity contribution >= 4 is 17.5 Å². The van der Waals surface area contributed by atoms with E-state index in [1.807, 2.05) is 30.3 Å². The minimum atomic E-state index is -0.594. The molecule has 26 heavy (non-hydrogen) atoms. The van der Waals surface area contributed by atoms with Crippen LogP contribution in [0.25, 0.3) is 0 Å². The Labute approximate surface area is 152 Å². The van der Waals surface area contributed by atoms with Crippen molar-refractivity contribution in [2.45, 2.75) is 25.8 Å². The summed E-state index contributed by atoms with van der Waals surface area (Å²) in [6, 6.07) is 14.6. The number of amides is 2. The predicted molar refractivity (Wildman–Crippen MR) is 98.3 cm³/mol. The van der Waals surface area contributed by atoms with Gasteiger partial charge in [0.05, 0.1) is 0 Å². The van der Waals surface area contributed by atoms with Gasteiger partial charge in [0.1, 0.15) is 6.04 Å². The summed E-state index contributed by atoms with van der Waals surface area (Å²) < 4.78 is 10.7. The van der Waals surface area contributed by atoms with Gasteiger partial charge in [0, 0.05) is 25.7 Å². The van der Waals surface area contributed by atoms with Gasteiger partial charge in [0.15, 0.2) is 11.5 Å². The van der Waals surface area contributed by atoms with Gasteiger partial charge in [0.25, 0.3) is 0 Å². The zero-order valence-electron chi connectivity index (χ0n) is 14.9. The smallest absolute Gasteiger partial charge is 0.249 e. The van der Waals surface area contributed by atoms with Crippen LogP contribution in [0.1, 0.15) is 18.9 Å². The van der Waals surface area contributed by atoms with Crippen LogP contribution in [0.4, 0.5) is 5.69 Å². The zero-order chi connectivity index (χ0) is 18.5.